The van der Waals surface area contributed by atoms with Crippen LogP contribution < -0.4 is 9.29 Å². The Kier molecular flexibility index (Phi) is 4.38. The number of hydrogen-bond acceptors (Lipinski definition) is 4. The zero-order valence-corrected chi connectivity index (χ0v) is 17.0. The summed E-state index contributed by atoms with van der Waals surface area (Å²) in [6, 6.07) is 20.9. The van der Waals surface area contributed by atoms with E-state index < -0.39 is 10.0 Å². The van der Waals surface area contributed by atoms with Gasteiger partial charge in [0.15, 0.2) is 11.8 Å². The van der Waals surface area contributed by atoms with Crippen LogP contribution in [-0.4, -0.2) is 23.4 Å². The molecule has 2 N–H and O–H groups in total. The van der Waals surface area contributed by atoms with E-state index in [0.29, 0.717) is 21.9 Å². The van der Waals surface area contributed by atoms with E-state index in [1.807, 2.05) is 42.5 Å². The van der Waals surface area contributed by atoms with Crippen LogP contribution in [0.5, 0.6) is 0 Å². The molecule has 0 radical (unpaired) electrons. The van der Waals surface area contributed by atoms with Crippen LogP contribution in [0.3, 0.4) is 0 Å². The molecular weight excluding hydrogens is 422 g/mol. The van der Waals surface area contributed by atoms with Crippen molar-refractivity contribution in [2.24, 2.45) is 0 Å². The number of aromatic nitrogens is 4. The molecule has 0 atom stereocenters. The Bertz CT molecular complexity index is 1500. The summed E-state index contributed by atoms with van der Waals surface area (Å²) in [5.74, 6) is 0.488. The molecule has 0 fully saturated rings. The molecule has 2 heterocycles. The number of aromatic amines is 1. The molecule has 0 bridgehead atoms. The summed E-state index contributed by atoms with van der Waals surface area (Å²) in [4.78, 5) is 12.5. The van der Waals surface area contributed by atoms with Gasteiger partial charge in [0, 0.05) is 5.02 Å². The van der Waals surface area contributed by atoms with Crippen molar-refractivity contribution < 1.29 is 13.0 Å². The van der Waals surface area contributed by atoms with Crippen molar-refractivity contribution in [1.29, 1.82) is 0 Å². The summed E-state index contributed by atoms with van der Waals surface area (Å²) >= 11 is 5.89. The fourth-order valence-corrected chi connectivity index (χ4v) is 4.34. The minimum atomic E-state index is -3.90. The minimum absolute atomic E-state index is 0.0803. The third-order valence-electron chi connectivity index (χ3n) is 4.65. The highest BCUT2D eigenvalue weighted by atomic mass is 35.5. The first-order chi connectivity index (χ1) is 14.5. The quantitative estimate of drug-likeness (QED) is 0.419. The monoisotopic (exact) mass is 436 g/mol. The van der Waals surface area contributed by atoms with E-state index in [1.165, 1.54) is 24.3 Å². The van der Waals surface area contributed by atoms with Crippen LogP contribution >= 0.6 is 11.6 Å². The lowest BCUT2D eigenvalue weighted by Crippen LogP contribution is -2.32. The predicted molar refractivity (Wildman–Crippen MR) is 115 cm³/mol. The molecule has 0 saturated heterocycles. The third kappa shape index (κ3) is 3.26. The van der Waals surface area contributed by atoms with Crippen molar-refractivity contribution in [2.45, 2.75) is 4.90 Å². The molecule has 0 amide bonds. The zero-order valence-electron chi connectivity index (χ0n) is 15.4. The van der Waals surface area contributed by atoms with Gasteiger partial charge in [0.25, 0.3) is 10.0 Å². The largest absolute Gasteiger partial charge is 0.312 e. The van der Waals surface area contributed by atoms with E-state index >= 15 is 0 Å². The molecule has 0 aliphatic rings. The highest BCUT2D eigenvalue weighted by molar-refractivity contribution is 7.92. The fourth-order valence-electron chi connectivity index (χ4n) is 3.21. The number of H-pyrrole nitrogens is 1. The van der Waals surface area contributed by atoms with Gasteiger partial charge in [-0.15, -0.1) is 0 Å². The lowest BCUT2D eigenvalue weighted by molar-refractivity contribution is -0.570. The third-order valence-corrected chi connectivity index (χ3v) is 6.25. The summed E-state index contributed by atoms with van der Waals surface area (Å²) in [5, 5.41) is 0.453. The Morgan fingerprint density at radius 2 is 1.53 bits per heavy atom. The van der Waals surface area contributed by atoms with Gasteiger partial charge in [0.1, 0.15) is 16.6 Å². The average Bonchev–Trinajstić information content (AvgIpc) is 3.17. The zero-order chi connectivity index (χ0) is 20.7. The van der Waals surface area contributed by atoms with Gasteiger partial charge in [-0.05, 0) is 48.5 Å². The smallest absolute Gasteiger partial charge is 0.276 e. The molecule has 0 unspecified atom stereocenters. The summed E-state index contributed by atoms with van der Waals surface area (Å²) in [6.07, 6.45) is 1.73. The number of benzene rings is 3. The van der Waals surface area contributed by atoms with E-state index in [9.17, 15) is 8.42 Å². The van der Waals surface area contributed by atoms with Gasteiger partial charge in [-0.2, -0.15) is 4.57 Å². The van der Waals surface area contributed by atoms with E-state index in [2.05, 4.69) is 14.7 Å². The van der Waals surface area contributed by atoms with Crippen LogP contribution in [0.4, 0.5) is 5.82 Å². The molecular formula is C21H15ClN5O2S+. The number of fused-ring (bicyclic) bond motifs is 2. The Balaban J connectivity index is 1.71. The van der Waals surface area contributed by atoms with Crippen LogP contribution in [-0.2, 0) is 10.0 Å². The summed E-state index contributed by atoms with van der Waals surface area (Å²) in [5.41, 5.74) is 2.96. The van der Waals surface area contributed by atoms with E-state index in [1.54, 1.807) is 17.0 Å². The first-order valence-electron chi connectivity index (χ1n) is 9.05. The molecule has 5 rings (SSSR count). The number of nitrogens with zero attached hydrogens (tertiary/aromatic N) is 3. The minimum Gasteiger partial charge on any atom is -0.276 e. The van der Waals surface area contributed by atoms with Crippen molar-refractivity contribution in [3.8, 4) is 5.82 Å². The van der Waals surface area contributed by atoms with Crippen LogP contribution in [0.15, 0.2) is 84.0 Å². The molecule has 0 saturated carbocycles. The van der Waals surface area contributed by atoms with Gasteiger partial charge in [-0.25, -0.2) is 13.4 Å². The predicted octanol–water partition coefficient (Wildman–Crippen LogP) is 3.84. The molecule has 0 spiro atoms. The normalized spacial score (nSPS) is 11.8. The molecule has 30 heavy (non-hydrogen) atoms. The molecule has 5 aromatic rings. The van der Waals surface area contributed by atoms with E-state index in [0.717, 1.165) is 11.0 Å². The molecule has 0 aliphatic carbocycles. The van der Waals surface area contributed by atoms with Crippen LogP contribution in [0, 0.1) is 0 Å². The number of hydrogen-bond donors (Lipinski definition) is 2. The fraction of sp³-hybridized carbons (Fsp3) is 0. The van der Waals surface area contributed by atoms with Crippen LogP contribution in [0.2, 0.25) is 5.02 Å². The highest BCUT2D eigenvalue weighted by Gasteiger charge is 2.24. The first-order valence-corrected chi connectivity index (χ1v) is 10.9. The second-order valence-corrected chi connectivity index (χ2v) is 8.72. The lowest BCUT2D eigenvalue weighted by atomic mass is 10.3. The molecule has 0 aliphatic heterocycles. The number of sulfonamides is 1. The van der Waals surface area contributed by atoms with Gasteiger partial charge in [0.05, 0.1) is 4.90 Å². The summed E-state index contributed by atoms with van der Waals surface area (Å²) in [6.45, 7) is 0. The maximum atomic E-state index is 13.0. The van der Waals surface area contributed by atoms with E-state index in [4.69, 9.17) is 16.6 Å². The van der Waals surface area contributed by atoms with Crippen molar-refractivity contribution in [1.82, 2.24) is 15.0 Å². The van der Waals surface area contributed by atoms with Crippen molar-refractivity contribution in [3.63, 3.8) is 0 Å². The Morgan fingerprint density at radius 3 is 2.30 bits per heavy atom. The lowest BCUT2D eigenvalue weighted by Gasteiger charge is -2.09. The second-order valence-electron chi connectivity index (χ2n) is 6.60. The van der Waals surface area contributed by atoms with Crippen molar-refractivity contribution in [2.75, 3.05) is 4.72 Å². The van der Waals surface area contributed by atoms with Crippen molar-refractivity contribution in [3.05, 3.63) is 84.1 Å². The second kappa shape index (κ2) is 7.08. The Labute approximate surface area is 177 Å². The Morgan fingerprint density at radius 1 is 0.867 bits per heavy atom. The van der Waals surface area contributed by atoms with Gasteiger partial charge >= 0.3 is 5.82 Å². The maximum absolute atomic E-state index is 13.0. The molecule has 7 nitrogen and oxygen atoms in total. The topological polar surface area (TPSA) is 91.6 Å². The maximum Gasteiger partial charge on any atom is 0.312 e. The van der Waals surface area contributed by atoms with Gasteiger partial charge < -0.3 is 0 Å². The number of rotatable bonds is 4. The number of para-hydroxylation sites is 4. The standard InChI is InChI=1S/C21H14ClN5O2S/c22-14-9-11-15(12-10-14)30(28,29)26-20-21(25-17-6-2-1-5-16(17)24-20)27-13-23-18-7-3-4-8-19(18)27/h1-13H,(H,24,26)/p+1. The average molecular weight is 437 g/mol. The van der Waals surface area contributed by atoms with E-state index in [-0.39, 0.29) is 10.7 Å². The first kappa shape index (κ1) is 18.5. The Hall–Kier alpha value is -3.49. The number of anilines is 1. The molecule has 9 heteroatoms. The van der Waals surface area contributed by atoms with Gasteiger partial charge in [-0.3, -0.25) is 9.71 Å². The van der Waals surface area contributed by atoms with Crippen LogP contribution in [0.25, 0.3) is 27.9 Å². The van der Waals surface area contributed by atoms with Gasteiger partial charge in [0.2, 0.25) is 5.82 Å². The summed E-state index contributed by atoms with van der Waals surface area (Å²) in [7, 11) is -3.90. The molecule has 3 aromatic carbocycles. The summed E-state index contributed by atoms with van der Waals surface area (Å²) < 4.78 is 30.4. The highest BCUT2D eigenvalue weighted by Crippen LogP contribution is 2.23. The van der Waals surface area contributed by atoms with Crippen molar-refractivity contribution >= 4 is 49.5 Å². The van der Waals surface area contributed by atoms with Gasteiger partial charge in [-0.1, -0.05) is 40.9 Å². The number of imidazole rings is 1. The number of nitrogens with one attached hydrogen (secondary N) is 2. The van der Waals surface area contributed by atoms with Crippen LogP contribution in [0.1, 0.15) is 0 Å². The SMILES string of the molecule is O=S(=O)(Nc1nc2ccccc2nc1-[n+]1c[nH]c2ccccc21)c1ccc(Cl)cc1. The number of halogens is 1. The molecule has 148 valence electrons. The molecule has 2 aromatic heterocycles.